The largest absolute Gasteiger partial charge is 0.492 e. The van der Waals surface area contributed by atoms with Gasteiger partial charge < -0.3 is 19.3 Å². The molecule has 9 nitrogen and oxygen atoms in total. The fraction of sp³-hybridized carbons (Fsp3) is 0.583. The van der Waals surface area contributed by atoms with Gasteiger partial charge in [0.1, 0.15) is 17.4 Å². The summed E-state index contributed by atoms with van der Waals surface area (Å²) < 4.78 is 11.7. The number of ether oxygens (including phenoxy) is 2. The normalized spacial score (nSPS) is 23.8. The fourth-order valence-corrected chi connectivity index (χ4v) is 5.34. The van der Waals surface area contributed by atoms with Gasteiger partial charge in [-0.15, -0.1) is 0 Å². The molecule has 4 aliphatic rings. The summed E-state index contributed by atoms with van der Waals surface area (Å²) in [6.07, 6.45) is 1.77. The molecule has 2 fully saturated rings. The summed E-state index contributed by atoms with van der Waals surface area (Å²) in [4.78, 5) is 52.7. The molecule has 1 aromatic rings. The molecule has 1 aromatic carbocycles. The Morgan fingerprint density at radius 2 is 1.91 bits per heavy atom. The first-order valence-electron chi connectivity index (χ1n) is 11.5. The second kappa shape index (κ2) is 7.46. The third-order valence-corrected chi connectivity index (χ3v) is 7.10. The van der Waals surface area contributed by atoms with E-state index >= 15 is 0 Å². The van der Waals surface area contributed by atoms with Crippen LogP contribution in [0.5, 0.6) is 5.75 Å². The monoisotopic (exact) mass is 455 g/mol. The predicted octanol–water partition coefficient (Wildman–Crippen LogP) is 2.11. The summed E-state index contributed by atoms with van der Waals surface area (Å²) in [5, 5.41) is 2.33. The van der Waals surface area contributed by atoms with Crippen LogP contribution in [0.25, 0.3) is 0 Å². The first kappa shape index (κ1) is 21.7. The van der Waals surface area contributed by atoms with Gasteiger partial charge in [0.15, 0.2) is 0 Å². The molecule has 0 radical (unpaired) electrons. The molecule has 4 amide bonds. The van der Waals surface area contributed by atoms with Crippen LogP contribution in [-0.4, -0.2) is 65.0 Å². The van der Waals surface area contributed by atoms with Gasteiger partial charge in [0, 0.05) is 41.6 Å². The number of nitrogens with one attached hydrogen (secondary N) is 1. The van der Waals surface area contributed by atoms with Gasteiger partial charge >= 0.3 is 6.09 Å². The summed E-state index contributed by atoms with van der Waals surface area (Å²) in [6, 6.07) is 3.15. The summed E-state index contributed by atoms with van der Waals surface area (Å²) in [5.74, 6) is -0.187. The maximum absolute atomic E-state index is 13.1. The molecule has 1 spiro atoms. The molecule has 33 heavy (non-hydrogen) atoms. The van der Waals surface area contributed by atoms with Crippen molar-refractivity contribution in [3.05, 3.63) is 28.8 Å². The van der Waals surface area contributed by atoms with E-state index in [4.69, 9.17) is 9.47 Å². The summed E-state index contributed by atoms with van der Waals surface area (Å²) >= 11 is 0. The number of hydrogen-bond donors (Lipinski definition) is 1. The SMILES string of the molecule is CC(C)(C)OC(=O)N1CCC2(CC1)COc1c2ccc2c1CN(C1CCC(=O)NC1=O)C2=O. The van der Waals surface area contributed by atoms with E-state index in [1.54, 1.807) is 9.80 Å². The van der Waals surface area contributed by atoms with E-state index < -0.39 is 17.6 Å². The van der Waals surface area contributed by atoms with Crippen LogP contribution in [0.2, 0.25) is 0 Å². The van der Waals surface area contributed by atoms with Crippen molar-refractivity contribution in [1.29, 1.82) is 0 Å². The number of hydrogen-bond acceptors (Lipinski definition) is 6. The van der Waals surface area contributed by atoms with E-state index in [9.17, 15) is 19.2 Å². The van der Waals surface area contributed by atoms with Crippen LogP contribution in [0.15, 0.2) is 12.1 Å². The van der Waals surface area contributed by atoms with Crippen molar-refractivity contribution in [3.63, 3.8) is 0 Å². The summed E-state index contributed by atoms with van der Waals surface area (Å²) in [5.41, 5.74) is 1.71. The molecule has 5 rings (SSSR count). The van der Waals surface area contributed by atoms with Gasteiger partial charge in [0.05, 0.1) is 13.2 Å². The Labute approximate surface area is 192 Å². The maximum Gasteiger partial charge on any atom is 0.410 e. The first-order chi connectivity index (χ1) is 15.6. The van der Waals surface area contributed by atoms with Crippen molar-refractivity contribution < 1.29 is 28.7 Å². The number of carbonyl (C=O) groups is 4. The van der Waals surface area contributed by atoms with Crippen LogP contribution in [-0.2, 0) is 26.3 Å². The number of imide groups is 1. The molecule has 1 unspecified atom stereocenters. The predicted molar refractivity (Wildman–Crippen MR) is 117 cm³/mol. The second-order valence-electron chi connectivity index (χ2n) is 10.4. The molecule has 0 aliphatic carbocycles. The van der Waals surface area contributed by atoms with Gasteiger partial charge in [0.2, 0.25) is 11.8 Å². The lowest BCUT2D eigenvalue weighted by Crippen LogP contribution is -2.52. The average Bonchev–Trinajstić information content (AvgIpc) is 3.26. The summed E-state index contributed by atoms with van der Waals surface area (Å²) in [7, 11) is 0. The molecular weight excluding hydrogens is 426 g/mol. The molecule has 4 heterocycles. The highest BCUT2D eigenvalue weighted by Crippen LogP contribution is 2.49. The second-order valence-corrected chi connectivity index (χ2v) is 10.4. The Morgan fingerprint density at radius 3 is 2.58 bits per heavy atom. The van der Waals surface area contributed by atoms with Crippen molar-refractivity contribution >= 4 is 23.8 Å². The molecular formula is C24H29N3O6. The van der Waals surface area contributed by atoms with E-state index in [2.05, 4.69) is 5.32 Å². The lowest BCUT2D eigenvalue weighted by atomic mass is 9.74. The van der Waals surface area contributed by atoms with Gasteiger partial charge in [0.25, 0.3) is 5.91 Å². The van der Waals surface area contributed by atoms with Gasteiger partial charge in [-0.2, -0.15) is 0 Å². The summed E-state index contributed by atoms with van der Waals surface area (Å²) in [6.45, 7) is 7.54. The van der Waals surface area contributed by atoms with Crippen molar-refractivity contribution in [2.45, 2.75) is 70.1 Å². The molecule has 4 aliphatic heterocycles. The molecule has 1 N–H and O–H groups in total. The van der Waals surface area contributed by atoms with E-state index in [-0.39, 0.29) is 29.7 Å². The number of amides is 4. The van der Waals surface area contributed by atoms with E-state index in [0.29, 0.717) is 38.2 Å². The van der Waals surface area contributed by atoms with E-state index in [1.807, 2.05) is 32.9 Å². The zero-order valence-electron chi connectivity index (χ0n) is 19.2. The van der Waals surface area contributed by atoms with Crippen molar-refractivity contribution in [2.24, 2.45) is 0 Å². The Bertz CT molecular complexity index is 1050. The van der Waals surface area contributed by atoms with Gasteiger partial charge in [-0.3, -0.25) is 19.7 Å². The molecule has 0 saturated carbocycles. The minimum absolute atomic E-state index is 0.200. The van der Waals surface area contributed by atoms with Crippen LogP contribution in [0.3, 0.4) is 0 Å². The van der Waals surface area contributed by atoms with Crippen molar-refractivity contribution in [2.75, 3.05) is 19.7 Å². The number of piperidine rings is 2. The number of benzene rings is 1. The molecule has 2 saturated heterocycles. The van der Waals surface area contributed by atoms with Crippen LogP contribution in [0, 0.1) is 0 Å². The van der Waals surface area contributed by atoms with Crippen LogP contribution >= 0.6 is 0 Å². The molecule has 176 valence electrons. The number of fused-ring (bicyclic) bond motifs is 4. The highest BCUT2D eigenvalue weighted by molar-refractivity contribution is 6.05. The Hall–Kier alpha value is -3.10. The Morgan fingerprint density at radius 1 is 1.18 bits per heavy atom. The third-order valence-electron chi connectivity index (χ3n) is 7.10. The van der Waals surface area contributed by atoms with E-state index in [0.717, 1.165) is 29.7 Å². The number of nitrogens with zero attached hydrogens (tertiary/aromatic N) is 2. The zero-order valence-corrected chi connectivity index (χ0v) is 19.2. The topological polar surface area (TPSA) is 105 Å². The molecule has 1 atom stereocenters. The quantitative estimate of drug-likeness (QED) is 0.651. The van der Waals surface area contributed by atoms with Crippen LogP contribution < -0.4 is 10.1 Å². The van der Waals surface area contributed by atoms with Crippen LogP contribution in [0.1, 0.15) is 67.9 Å². The van der Waals surface area contributed by atoms with Crippen molar-refractivity contribution in [3.8, 4) is 5.75 Å². The highest BCUT2D eigenvalue weighted by atomic mass is 16.6. The number of rotatable bonds is 1. The maximum atomic E-state index is 13.1. The van der Waals surface area contributed by atoms with Gasteiger partial charge in [-0.05, 0) is 46.1 Å². The molecule has 0 aromatic heterocycles. The number of carbonyl (C=O) groups excluding carboxylic acids is 4. The van der Waals surface area contributed by atoms with Gasteiger partial charge in [-0.1, -0.05) is 6.07 Å². The van der Waals surface area contributed by atoms with Crippen LogP contribution in [0.4, 0.5) is 4.79 Å². The first-order valence-corrected chi connectivity index (χ1v) is 11.5. The third kappa shape index (κ3) is 3.63. The van der Waals surface area contributed by atoms with E-state index in [1.165, 1.54) is 0 Å². The molecule has 0 bridgehead atoms. The fourth-order valence-electron chi connectivity index (χ4n) is 5.34. The van der Waals surface area contributed by atoms with Gasteiger partial charge in [-0.25, -0.2) is 4.79 Å². The lowest BCUT2D eigenvalue weighted by molar-refractivity contribution is -0.136. The minimum atomic E-state index is -0.648. The molecule has 9 heteroatoms. The Balaban J connectivity index is 1.34. The standard InChI is InChI=1S/C24H29N3O6/c1-23(2,3)33-22(31)26-10-8-24(9-11-26)13-32-19-15-12-27(17-6-7-18(28)25-20(17)29)21(30)14(15)4-5-16(19)24/h4-5,17H,6-13H2,1-3H3,(H,25,28,29). The average molecular weight is 456 g/mol. The highest BCUT2D eigenvalue weighted by Gasteiger charge is 2.48. The minimum Gasteiger partial charge on any atom is -0.492 e. The zero-order chi connectivity index (χ0) is 23.5. The smallest absolute Gasteiger partial charge is 0.410 e. The Kier molecular flexibility index (Phi) is 4.91. The lowest BCUT2D eigenvalue weighted by Gasteiger charge is -2.38. The number of likely N-dealkylation sites (tertiary alicyclic amines) is 1. The van der Waals surface area contributed by atoms with Crippen molar-refractivity contribution in [1.82, 2.24) is 15.1 Å².